The van der Waals surface area contributed by atoms with E-state index in [0.717, 1.165) is 37.0 Å². The van der Waals surface area contributed by atoms with Gasteiger partial charge >= 0.3 is 6.18 Å². The summed E-state index contributed by atoms with van der Waals surface area (Å²) in [7, 11) is 0. The Balaban J connectivity index is 1.91. The molecule has 8 heteroatoms. The van der Waals surface area contributed by atoms with Gasteiger partial charge < -0.3 is 15.2 Å². The molecule has 1 aliphatic heterocycles. The lowest BCUT2D eigenvalue weighted by molar-refractivity contribution is -0.137. The molecule has 1 atom stereocenters. The number of hydrogen-bond acceptors (Lipinski definition) is 5. The molecule has 0 aliphatic carbocycles. The topological polar surface area (TPSA) is 67.3 Å². The molecule has 2 N–H and O–H groups in total. The third-order valence-electron chi connectivity index (χ3n) is 5.88. The number of phenolic OH excluding ortho intramolecular Hbond substituents is 1. The monoisotopic (exact) mass is 451 g/mol. The van der Waals surface area contributed by atoms with E-state index in [9.17, 15) is 18.3 Å². The van der Waals surface area contributed by atoms with Gasteiger partial charge in [-0.15, -0.1) is 10.2 Å². The second-order valence-corrected chi connectivity index (χ2v) is 8.39. The molecule has 0 amide bonds. The third kappa shape index (κ3) is 6.12. The minimum Gasteiger partial charge on any atom is -0.507 e. The number of hydrogen-bond donors (Lipinski definition) is 2. The van der Waals surface area contributed by atoms with E-state index >= 15 is 0 Å². The van der Waals surface area contributed by atoms with Gasteiger partial charge in [-0.05, 0) is 55.0 Å². The molecule has 1 unspecified atom stereocenters. The van der Waals surface area contributed by atoms with Crippen LogP contribution in [0, 0.1) is 0 Å². The first kappa shape index (κ1) is 24.3. The highest BCUT2D eigenvalue weighted by Crippen LogP contribution is 2.40. The van der Waals surface area contributed by atoms with E-state index in [1.807, 2.05) is 6.07 Å². The number of alkyl halides is 3. The summed E-state index contributed by atoms with van der Waals surface area (Å²) in [5.41, 5.74) is 0.875. The van der Waals surface area contributed by atoms with Crippen LogP contribution < -0.4 is 5.32 Å². The Hall–Kier alpha value is -2.35. The van der Waals surface area contributed by atoms with Crippen molar-refractivity contribution in [3.63, 3.8) is 0 Å². The number of phenols is 1. The van der Waals surface area contributed by atoms with Crippen molar-refractivity contribution < 1.29 is 23.0 Å². The molecule has 0 saturated heterocycles. The number of rotatable bonds is 8. The van der Waals surface area contributed by atoms with Gasteiger partial charge in [-0.2, -0.15) is 13.2 Å². The van der Waals surface area contributed by atoms with Crippen LogP contribution in [0.2, 0.25) is 0 Å². The second-order valence-electron chi connectivity index (χ2n) is 8.39. The third-order valence-corrected chi connectivity index (χ3v) is 5.88. The van der Waals surface area contributed by atoms with Gasteiger partial charge in [0.15, 0.2) is 0 Å². The Morgan fingerprint density at radius 3 is 2.62 bits per heavy atom. The highest BCUT2D eigenvalue weighted by molar-refractivity contribution is 5.74. The predicted molar refractivity (Wildman–Crippen MR) is 119 cm³/mol. The predicted octanol–water partition coefficient (Wildman–Crippen LogP) is 6.49. The number of halogens is 3. The van der Waals surface area contributed by atoms with Crippen molar-refractivity contribution in [2.24, 2.45) is 0 Å². The molecule has 2 aromatic rings. The van der Waals surface area contributed by atoms with Gasteiger partial charge in [0.05, 0.1) is 12.2 Å². The van der Waals surface area contributed by atoms with Gasteiger partial charge in [0.1, 0.15) is 17.3 Å². The summed E-state index contributed by atoms with van der Waals surface area (Å²) in [6, 6.07) is 3.97. The Bertz CT molecular complexity index is 903. The van der Waals surface area contributed by atoms with Crippen LogP contribution in [0.1, 0.15) is 75.5 Å². The summed E-state index contributed by atoms with van der Waals surface area (Å²) in [5.74, 6) is 0.193. The van der Waals surface area contributed by atoms with Crippen molar-refractivity contribution in [3.05, 3.63) is 34.9 Å². The Kier molecular flexibility index (Phi) is 8.34. The summed E-state index contributed by atoms with van der Waals surface area (Å²) < 4.78 is 45.3. The fourth-order valence-corrected chi connectivity index (χ4v) is 4.09. The fourth-order valence-electron chi connectivity index (χ4n) is 4.09. The molecule has 0 bridgehead atoms. The molecular weight excluding hydrogens is 419 g/mol. The molecule has 0 saturated carbocycles. The number of ether oxygens (including phenoxy) is 1. The van der Waals surface area contributed by atoms with E-state index in [1.54, 1.807) is 0 Å². The van der Waals surface area contributed by atoms with Gasteiger partial charge in [0.2, 0.25) is 0 Å². The molecule has 1 aromatic carbocycles. The van der Waals surface area contributed by atoms with E-state index in [0.29, 0.717) is 31.0 Å². The fraction of sp³-hybridized carbons (Fsp3) is 0.583. The zero-order valence-corrected chi connectivity index (χ0v) is 18.8. The Morgan fingerprint density at radius 2 is 1.91 bits per heavy atom. The van der Waals surface area contributed by atoms with Crippen LogP contribution in [0.4, 0.5) is 19.0 Å². The SMILES string of the molecule is CCCCCCC(CC)Nc1cc2c(nn1)-c1c(O)cc(C(F)(F)F)cc1COCCC2. The van der Waals surface area contributed by atoms with Gasteiger partial charge in [-0.3, -0.25) is 0 Å². The lowest BCUT2D eigenvalue weighted by Crippen LogP contribution is -2.19. The first-order chi connectivity index (χ1) is 15.3. The van der Waals surface area contributed by atoms with Gasteiger partial charge in [0, 0.05) is 18.2 Å². The summed E-state index contributed by atoms with van der Waals surface area (Å²) in [6.07, 6.45) is 3.58. The van der Waals surface area contributed by atoms with Crippen molar-refractivity contribution in [1.29, 1.82) is 0 Å². The highest BCUT2D eigenvalue weighted by Gasteiger charge is 2.33. The number of fused-ring (bicyclic) bond motifs is 3. The zero-order valence-electron chi connectivity index (χ0n) is 18.8. The van der Waals surface area contributed by atoms with Crippen LogP contribution in [0.25, 0.3) is 11.3 Å². The Morgan fingerprint density at radius 1 is 1.09 bits per heavy atom. The average Bonchev–Trinajstić information content (AvgIpc) is 2.83. The van der Waals surface area contributed by atoms with E-state index in [1.165, 1.54) is 19.3 Å². The van der Waals surface area contributed by atoms with E-state index in [-0.39, 0.29) is 23.8 Å². The number of aryl methyl sites for hydroxylation is 1. The molecule has 0 fully saturated rings. The van der Waals surface area contributed by atoms with E-state index in [2.05, 4.69) is 29.4 Å². The molecule has 1 aromatic heterocycles. The van der Waals surface area contributed by atoms with Crippen LogP contribution in [-0.4, -0.2) is 28.0 Å². The summed E-state index contributed by atoms with van der Waals surface area (Å²) in [4.78, 5) is 0. The minimum atomic E-state index is -4.56. The largest absolute Gasteiger partial charge is 0.507 e. The summed E-state index contributed by atoms with van der Waals surface area (Å²) >= 11 is 0. The number of benzene rings is 1. The van der Waals surface area contributed by atoms with Crippen LogP contribution in [-0.2, 0) is 23.9 Å². The lowest BCUT2D eigenvalue weighted by atomic mass is 9.96. The first-order valence-corrected chi connectivity index (χ1v) is 11.5. The Labute approximate surface area is 187 Å². The minimum absolute atomic E-state index is 0.0242. The van der Waals surface area contributed by atoms with Crippen molar-refractivity contribution in [3.8, 4) is 17.0 Å². The second kappa shape index (κ2) is 11.0. The molecule has 2 heterocycles. The van der Waals surface area contributed by atoms with Crippen LogP contribution >= 0.6 is 0 Å². The number of nitrogens with one attached hydrogen (secondary N) is 1. The van der Waals surface area contributed by atoms with E-state index < -0.39 is 17.5 Å². The smallest absolute Gasteiger partial charge is 0.416 e. The maximum absolute atomic E-state index is 13.2. The maximum Gasteiger partial charge on any atom is 0.416 e. The number of anilines is 1. The van der Waals surface area contributed by atoms with Crippen LogP contribution in [0.5, 0.6) is 5.75 Å². The molecular formula is C24H32F3N3O2. The molecule has 0 radical (unpaired) electrons. The highest BCUT2D eigenvalue weighted by atomic mass is 19.4. The maximum atomic E-state index is 13.2. The normalized spacial score (nSPS) is 15.2. The molecule has 176 valence electrons. The van der Waals surface area contributed by atoms with Gasteiger partial charge in [-0.25, -0.2) is 0 Å². The molecule has 0 spiro atoms. The number of nitrogens with zero attached hydrogens (tertiary/aromatic N) is 2. The van der Waals surface area contributed by atoms with Crippen molar-refractivity contribution >= 4 is 5.82 Å². The summed E-state index contributed by atoms with van der Waals surface area (Å²) in [5, 5.41) is 22.6. The quantitative estimate of drug-likeness (QED) is 0.449. The molecule has 1 aliphatic rings. The van der Waals surface area contributed by atoms with Gasteiger partial charge in [0.25, 0.3) is 0 Å². The van der Waals surface area contributed by atoms with Crippen molar-refractivity contribution in [1.82, 2.24) is 10.2 Å². The van der Waals surface area contributed by atoms with Crippen molar-refractivity contribution in [2.45, 2.75) is 84.0 Å². The molecule has 5 nitrogen and oxygen atoms in total. The van der Waals surface area contributed by atoms with Crippen LogP contribution in [0.15, 0.2) is 18.2 Å². The standard InChI is InChI=1S/C24H32F3N3O2/c1-3-5-6-7-10-19(4-2)28-21-13-16-9-8-11-32-15-17-12-18(24(25,26)27)14-20(31)22(17)23(16)30-29-21/h12-14,19,31H,3-11,15H2,1-2H3,(H,28,29). The molecule has 32 heavy (non-hydrogen) atoms. The van der Waals surface area contributed by atoms with Gasteiger partial charge in [-0.1, -0.05) is 39.5 Å². The van der Waals surface area contributed by atoms with E-state index in [4.69, 9.17) is 4.74 Å². The van der Waals surface area contributed by atoms with Crippen molar-refractivity contribution in [2.75, 3.05) is 11.9 Å². The lowest BCUT2D eigenvalue weighted by Gasteiger charge is -2.19. The van der Waals surface area contributed by atoms with Crippen LogP contribution in [0.3, 0.4) is 0 Å². The molecule has 3 rings (SSSR count). The number of unbranched alkanes of at least 4 members (excludes halogenated alkanes) is 3. The first-order valence-electron chi connectivity index (χ1n) is 11.5. The number of aromatic nitrogens is 2. The number of aromatic hydroxyl groups is 1. The average molecular weight is 452 g/mol. The summed E-state index contributed by atoms with van der Waals surface area (Å²) in [6.45, 7) is 4.71. The zero-order chi connectivity index (χ0) is 23.1.